The first-order valence-electron chi connectivity index (χ1n) is 6.56. The number of pyridine rings is 1. The molecule has 0 bridgehead atoms. The van der Waals surface area contributed by atoms with Crippen LogP contribution in [0.1, 0.15) is 24.0 Å². The standard InChI is InChI=1S/C16H20N2O/c1-13(10-17-2)15-7-5-14(6-8-15)12-19-16-4-3-9-18-11-16/h3-9,11,13,17H,10,12H2,1-2H3. The molecular formula is C16H20N2O. The van der Waals surface area contributed by atoms with Gasteiger partial charge in [-0.3, -0.25) is 4.98 Å². The van der Waals surface area contributed by atoms with Gasteiger partial charge in [0, 0.05) is 12.7 Å². The van der Waals surface area contributed by atoms with Gasteiger partial charge in [-0.25, -0.2) is 0 Å². The summed E-state index contributed by atoms with van der Waals surface area (Å²) >= 11 is 0. The van der Waals surface area contributed by atoms with Crippen LogP contribution in [0.25, 0.3) is 0 Å². The molecule has 0 aliphatic heterocycles. The molecule has 1 heterocycles. The van der Waals surface area contributed by atoms with E-state index >= 15 is 0 Å². The first-order chi connectivity index (χ1) is 9.29. The molecule has 3 heteroatoms. The summed E-state index contributed by atoms with van der Waals surface area (Å²) in [7, 11) is 1.98. The number of rotatable bonds is 6. The maximum atomic E-state index is 5.67. The molecule has 2 aromatic rings. The van der Waals surface area contributed by atoms with Crippen LogP contribution >= 0.6 is 0 Å². The summed E-state index contributed by atoms with van der Waals surface area (Å²) in [5.41, 5.74) is 2.52. The van der Waals surface area contributed by atoms with Crippen LogP contribution in [0.2, 0.25) is 0 Å². The van der Waals surface area contributed by atoms with E-state index in [0.717, 1.165) is 12.3 Å². The highest BCUT2D eigenvalue weighted by Crippen LogP contribution is 2.16. The minimum Gasteiger partial charge on any atom is -0.487 e. The molecule has 0 radical (unpaired) electrons. The van der Waals surface area contributed by atoms with Crippen molar-refractivity contribution >= 4 is 0 Å². The van der Waals surface area contributed by atoms with E-state index in [1.165, 1.54) is 11.1 Å². The molecule has 1 aromatic carbocycles. The van der Waals surface area contributed by atoms with Crippen LogP contribution < -0.4 is 10.1 Å². The van der Waals surface area contributed by atoms with Crippen LogP contribution in [0.15, 0.2) is 48.8 Å². The molecule has 1 unspecified atom stereocenters. The molecule has 1 N–H and O–H groups in total. The molecule has 0 saturated heterocycles. The number of aromatic nitrogens is 1. The molecule has 0 saturated carbocycles. The monoisotopic (exact) mass is 256 g/mol. The molecule has 3 nitrogen and oxygen atoms in total. The van der Waals surface area contributed by atoms with Crippen LogP contribution in [0.5, 0.6) is 5.75 Å². The van der Waals surface area contributed by atoms with E-state index in [9.17, 15) is 0 Å². The van der Waals surface area contributed by atoms with Gasteiger partial charge in [0.05, 0.1) is 6.20 Å². The van der Waals surface area contributed by atoms with Crippen LogP contribution in [-0.2, 0) is 6.61 Å². The zero-order chi connectivity index (χ0) is 13.5. The Morgan fingerprint density at radius 2 is 2.00 bits per heavy atom. The summed E-state index contributed by atoms with van der Waals surface area (Å²) in [5, 5.41) is 3.20. The van der Waals surface area contributed by atoms with Gasteiger partial charge in [0.2, 0.25) is 0 Å². The van der Waals surface area contributed by atoms with E-state index in [0.29, 0.717) is 12.5 Å². The van der Waals surface area contributed by atoms with E-state index in [-0.39, 0.29) is 0 Å². The molecular weight excluding hydrogens is 236 g/mol. The van der Waals surface area contributed by atoms with Crippen LogP contribution in [0.4, 0.5) is 0 Å². The SMILES string of the molecule is CNCC(C)c1ccc(COc2cccnc2)cc1. The van der Waals surface area contributed by atoms with Crippen molar-refractivity contribution in [1.29, 1.82) is 0 Å². The lowest BCUT2D eigenvalue weighted by molar-refractivity contribution is 0.305. The van der Waals surface area contributed by atoms with Crippen LogP contribution in [-0.4, -0.2) is 18.6 Å². The van der Waals surface area contributed by atoms with Gasteiger partial charge < -0.3 is 10.1 Å². The van der Waals surface area contributed by atoms with E-state index in [2.05, 4.69) is 41.5 Å². The number of ether oxygens (including phenoxy) is 1. The minimum atomic E-state index is 0.526. The summed E-state index contributed by atoms with van der Waals surface area (Å²) in [6.45, 7) is 3.79. The number of benzene rings is 1. The number of hydrogen-bond donors (Lipinski definition) is 1. The summed E-state index contributed by atoms with van der Waals surface area (Å²) < 4.78 is 5.67. The van der Waals surface area contributed by atoms with Gasteiger partial charge >= 0.3 is 0 Å². The Morgan fingerprint density at radius 3 is 2.63 bits per heavy atom. The molecule has 2 rings (SSSR count). The van der Waals surface area contributed by atoms with Gasteiger partial charge in [-0.1, -0.05) is 31.2 Å². The molecule has 0 spiro atoms. The average molecular weight is 256 g/mol. The van der Waals surface area contributed by atoms with Crippen molar-refractivity contribution in [1.82, 2.24) is 10.3 Å². The quantitative estimate of drug-likeness (QED) is 0.862. The van der Waals surface area contributed by atoms with E-state index in [1.807, 2.05) is 19.2 Å². The van der Waals surface area contributed by atoms with Crippen molar-refractivity contribution in [3.8, 4) is 5.75 Å². The van der Waals surface area contributed by atoms with Gasteiger partial charge in [0.1, 0.15) is 12.4 Å². The average Bonchev–Trinajstić information content (AvgIpc) is 2.47. The third kappa shape index (κ3) is 4.07. The molecule has 0 fully saturated rings. The second-order valence-corrected chi connectivity index (χ2v) is 4.68. The Morgan fingerprint density at radius 1 is 1.21 bits per heavy atom. The van der Waals surface area contributed by atoms with Crippen molar-refractivity contribution in [2.45, 2.75) is 19.4 Å². The van der Waals surface area contributed by atoms with Crippen molar-refractivity contribution < 1.29 is 4.74 Å². The number of hydrogen-bond acceptors (Lipinski definition) is 3. The zero-order valence-electron chi connectivity index (χ0n) is 11.5. The van der Waals surface area contributed by atoms with Crippen LogP contribution in [0, 0.1) is 0 Å². The highest BCUT2D eigenvalue weighted by molar-refractivity contribution is 5.25. The first-order valence-corrected chi connectivity index (χ1v) is 6.56. The van der Waals surface area contributed by atoms with Gasteiger partial charge in [-0.15, -0.1) is 0 Å². The fourth-order valence-corrected chi connectivity index (χ4v) is 1.97. The highest BCUT2D eigenvalue weighted by Gasteiger charge is 2.04. The molecule has 100 valence electrons. The Kier molecular flexibility index (Phi) is 4.93. The molecule has 0 amide bonds. The lowest BCUT2D eigenvalue weighted by Gasteiger charge is -2.12. The van der Waals surface area contributed by atoms with Gasteiger partial charge in [-0.2, -0.15) is 0 Å². The Balaban J connectivity index is 1.92. The minimum absolute atomic E-state index is 0.526. The molecule has 1 atom stereocenters. The van der Waals surface area contributed by atoms with Crippen molar-refractivity contribution in [2.24, 2.45) is 0 Å². The number of nitrogens with one attached hydrogen (secondary N) is 1. The fourth-order valence-electron chi connectivity index (χ4n) is 1.97. The van der Waals surface area contributed by atoms with Crippen LogP contribution in [0.3, 0.4) is 0 Å². The van der Waals surface area contributed by atoms with E-state index < -0.39 is 0 Å². The summed E-state index contributed by atoms with van der Waals surface area (Å²) in [4.78, 5) is 4.02. The smallest absolute Gasteiger partial charge is 0.138 e. The third-order valence-corrected chi connectivity index (χ3v) is 3.10. The Hall–Kier alpha value is -1.87. The summed E-state index contributed by atoms with van der Waals surface area (Å²) in [5.74, 6) is 1.33. The molecule has 19 heavy (non-hydrogen) atoms. The first kappa shape index (κ1) is 13.6. The predicted molar refractivity (Wildman–Crippen MR) is 77.4 cm³/mol. The summed E-state index contributed by atoms with van der Waals surface area (Å²) in [6.07, 6.45) is 3.47. The second-order valence-electron chi connectivity index (χ2n) is 4.68. The van der Waals surface area contributed by atoms with E-state index in [1.54, 1.807) is 12.4 Å². The Labute approximate surface area is 114 Å². The predicted octanol–water partition coefficient (Wildman–Crippen LogP) is 2.98. The second kappa shape index (κ2) is 6.90. The fraction of sp³-hybridized carbons (Fsp3) is 0.312. The lowest BCUT2D eigenvalue weighted by Crippen LogP contribution is -2.14. The molecule has 0 aliphatic rings. The molecule has 0 aliphatic carbocycles. The van der Waals surface area contributed by atoms with Gasteiger partial charge in [0.25, 0.3) is 0 Å². The Bertz CT molecular complexity index is 482. The molecule has 1 aromatic heterocycles. The van der Waals surface area contributed by atoms with Gasteiger partial charge in [-0.05, 0) is 36.2 Å². The van der Waals surface area contributed by atoms with Crippen molar-refractivity contribution in [3.63, 3.8) is 0 Å². The number of nitrogens with zero attached hydrogens (tertiary/aromatic N) is 1. The summed E-state index contributed by atoms with van der Waals surface area (Å²) in [6, 6.07) is 12.4. The van der Waals surface area contributed by atoms with Crippen molar-refractivity contribution in [2.75, 3.05) is 13.6 Å². The topological polar surface area (TPSA) is 34.1 Å². The zero-order valence-corrected chi connectivity index (χ0v) is 11.5. The third-order valence-electron chi connectivity index (χ3n) is 3.10. The van der Waals surface area contributed by atoms with Gasteiger partial charge in [0.15, 0.2) is 0 Å². The maximum absolute atomic E-state index is 5.67. The maximum Gasteiger partial charge on any atom is 0.138 e. The van der Waals surface area contributed by atoms with Crippen molar-refractivity contribution in [3.05, 3.63) is 59.9 Å². The lowest BCUT2D eigenvalue weighted by atomic mass is 10.00. The normalized spacial score (nSPS) is 12.1. The highest BCUT2D eigenvalue weighted by atomic mass is 16.5. The number of likely N-dealkylation sites (N-methyl/N-ethyl adjacent to an activating group) is 1. The van der Waals surface area contributed by atoms with E-state index in [4.69, 9.17) is 4.74 Å². The largest absolute Gasteiger partial charge is 0.487 e.